The molecule has 1 N–H and O–H groups in total. The Hall–Kier alpha value is -1.47. The largest absolute Gasteiger partial charge is 0.488 e. The van der Waals surface area contributed by atoms with Crippen molar-refractivity contribution in [3.05, 3.63) is 50.7 Å². The molecule has 0 unspecified atom stereocenters. The average molecular weight is 293 g/mol. The summed E-state index contributed by atoms with van der Waals surface area (Å²) in [4.78, 5) is 2.02. The van der Waals surface area contributed by atoms with Gasteiger partial charge in [0.1, 0.15) is 19.0 Å². The quantitative estimate of drug-likeness (QED) is 0.875. The molecule has 0 aliphatic rings. The number of rotatable bonds is 3. The Labute approximate surface area is 121 Å². The van der Waals surface area contributed by atoms with Gasteiger partial charge in [0, 0.05) is 9.90 Å². The zero-order valence-electron chi connectivity index (χ0n) is 10.4. The minimum atomic E-state index is -0.117. The van der Waals surface area contributed by atoms with Crippen LogP contribution in [0.25, 0.3) is 0 Å². The molecule has 1 heterocycles. The van der Waals surface area contributed by atoms with Crippen LogP contribution in [0.4, 0.5) is 0 Å². The monoisotopic (exact) mass is 292 g/mol. The molecule has 0 saturated heterocycles. The van der Waals surface area contributed by atoms with E-state index in [9.17, 15) is 0 Å². The highest BCUT2D eigenvalue weighted by Gasteiger charge is 2.01. The summed E-state index contributed by atoms with van der Waals surface area (Å²) in [5, 5.41) is 9.37. The minimum absolute atomic E-state index is 0.117. The van der Waals surface area contributed by atoms with Crippen molar-refractivity contribution in [2.75, 3.05) is 6.61 Å². The van der Waals surface area contributed by atoms with Crippen LogP contribution in [0.3, 0.4) is 0 Å². The van der Waals surface area contributed by atoms with Gasteiger partial charge in [0.15, 0.2) is 0 Å². The van der Waals surface area contributed by atoms with Gasteiger partial charge >= 0.3 is 0 Å². The van der Waals surface area contributed by atoms with Gasteiger partial charge in [0.2, 0.25) is 0 Å². The number of thiophene rings is 1. The predicted octanol–water partition coefficient (Wildman–Crippen LogP) is 3.63. The molecule has 0 amide bonds. The summed E-state index contributed by atoms with van der Waals surface area (Å²) in [5.74, 6) is 6.30. The van der Waals surface area contributed by atoms with Crippen LogP contribution in [0.2, 0.25) is 5.02 Å². The molecule has 0 bridgehead atoms. The van der Waals surface area contributed by atoms with Gasteiger partial charge in [0.25, 0.3) is 0 Å². The van der Waals surface area contributed by atoms with Crippen molar-refractivity contribution < 1.29 is 9.84 Å². The van der Waals surface area contributed by atoms with Crippen LogP contribution in [-0.4, -0.2) is 11.7 Å². The van der Waals surface area contributed by atoms with E-state index in [0.717, 1.165) is 26.1 Å². The number of ether oxygens (including phenoxy) is 1. The SMILES string of the molecule is Cc1cc(OCc2ccc(C#CCO)s2)ccc1Cl. The lowest BCUT2D eigenvalue weighted by molar-refractivity contribution is 0.309. The Kier molecular flexibility index (Phi) is 4.86. The molecule has 1 aromatic carbocycles. The van der Waals surface area contributed by atoms with E-state index in [4.69, 9.17) is 21.4 Å². The Morgan fingerprint density at radius 1 is 1.32 bits per heavy atom. The van der Waals surface area contributed by atoms with Gasteiger partial charge in [-0.25, -0.2) is 0 Å². The van der Waals surface area contributed by atoms with Gasteiger partial charge in [-0.05, 0) is 42.8 Å². The molecule has 0 radical (unpaired) electrons. The number of benzene rings is 1. The summed E-state index contributed by atoms with van der Waals surface area (Å²) >= 11 is 7.52. The second kappa shape index (κ2) is 6.63. The van der Waals surface area contributed by atoms with E-state index < -0.39 is 0 Å². The second-order valence-corrected chi connectivity index (χ2v) is 5.50. The highest BCUT2D eigenvalue weighted by Crippen LogP contribution is 2.23. The predicted molar refractivity (Wildman–Crippen MR) is 78.8 cm³/mol. The molecular weight excluding hydrogens is 280 g/mol. The number of aryl methyl sites for hydroxylation is 1. The van der Waals surface area contributed by atoms with E-state index in [1.807, 2.05) is 37.3 Å². The van der Waals surface area contributed by atoms with E-state index in [-0.39, 0.29) is 6.61 Å². The lowest BCUT2D eigenvalue weighted by Crippen LogP contribution is -1.93. The van der Waals surface area contributed by atoms with E-state index in [1.165, 1.54) is 0 Å². The zero-order valence-corrected chi connectivity index (χ0v) is 12.0. The van der Waals surface area contributed by atoms with Gasteiger partial charge in [-0.15, -0.1) is 11.3 Å². The first-order chi connectivity index (χ1) is 9.19. The van der Waals surface area contributed by atoms with Crippen LogP contribution in [0.1, 0.15) is 15.3 Å². The third-order valence-corrected chi connectivity index (χ3v) is 3.86. The molecule has 4 heteroatoms. The van der Waals surface area contributed by atoms with Crippen molar-refractivity contribution in [3.63, 3.8) is 0 Å². The Morgan fingerprint density at radius 3 is 2.89 bits per heavy atom. The van der Waals surface area contributed by atoms with E-state index >= 15 is 0 Å². The minimum Gasteiger partial charge on any atom is -0.488 e. The molecule has 1 aromatic heterocycles. The summed E-state index contributed by atoms with van der Waals surface area (Å²) in [6.45, 7) is 2.34. The highest BCUT2D eigenvalue weighted by molar-refractivity contribution is 7.12. The number of aliphatic hydroxyl groups is 1. The van der Waals surface area contributed by atoms with E-state index in [2.05, 4.69) is 11.8 Å². The number of hydrogen-bond donors (Lipinski definition) is 1. The Morgan fingerprint density at radius 2 is 2.16 bits per heavy atom. The van der Waals surface area contributed by atoms with Crippen molar-refractivity contribution >= 4 is 22.9 Å². The molecule has 0 saturated carbocycles. The second-order valence-electron chi connectivity index (χ2n) is 3.93. The average Bonchev–Trinajstić information content (AvgIpc) is 2.86. The fourth-order valence-electron chi connectivity index (χ4n) is 1.51. The van der Waals surface area contributed by atoms with Crippen molar-refractivity contribution in [3.8, 4) is 17.6 Å². The van der Waals surface area contributed by atoms with Gasteiger partial charge in [0.05, 0.1) is 4.88 Å². The first-order valence-corrected chi connectivity index (χ1v) is 6.96. The maximum Gasteiger partial charge on any atom is 0.122 e. The fraction of sp³-hybridized carbons (Fsp3) is 0.200. The normalized spacial score (nSPS) is 9.84. The van der Waals surface area contributed by atoms with Crippen LogP contribution < -0.4 is 4.74 Å². The lowest BCUT2D eigenvalue weighted by Gasteiger charge is -2.06. The van der Waals surface area contributed by atoms with Gasteiger partial charge in [-0.1, -0.05) is 23.4 Å². The smallest absolute Gasteiger partial charge is 0.122 e. The molecule has 0 aliphatic carbocycles. The maximum absolute atomic E-state index is 8.63. The molecule has 2 rings (SSSR count). The van der Waals surface area contributed by atoms with Gasteiger partial charge < -0.3 is 9.84 Å². The Balaban J connectivity index is 1.98. The van der Waals surface area contributed by atoms with Crippen molar-refractivity contribution in [1.29, 1.82) is 0 Å². The third kappa shape index (κ3) is 4.00. The first-order valence-electron chi connectivity index (χ1n) is 5.76. The summed E-state index contributed by atoms with van der Waals surface area (Å²) in [6, 6.07) is 9.52. The van der Waals surface area contributed by atoms with Crippen molar-refractivity contribution in [2.24, 2.45) is 0 Å². The third-order valence-electron chi connectivity index (χ3n) is 2.46. The molecule has 0 atom stereocenters. The van der Waals surface area contributed by atoms with Crippen LogP contribution in [0, 0.1) is 18.8 Å². The van der Waals surface area contributed by atoms with Crippen molar-refractivity contribution in [1.82, 2.24) is 0 Å². The van der Waals surface area contributed by atoms with Crippen LogP contribution in [0.5, 0.6) is 5.75 Å². The maximum atomic E-state index is 8.63. The Bertz CT molecular complexity index is 623. The molecule has 2 aromatic rings. The van der Waals surface area contributed by atoms with Crippen molar-refractivity contribution in [2.45, 2.75) is 13.5 Å². The molecule has 19 heavy (non-hydrogen) atoms. The summed E-state index contributed by atoms with van der Waals surface area (Å²) in [6.07, 6.45) is 0. The molecule has 2 nitrogen and oxygen atoms in total. The van der Waals surface area contributed by atoms with Gasteiger partial charge in [-0.2, -0.15) is 0 Å². The lowest BCUT2D eigenvalue weighted by atomic mass is 10.2. The molecule has 0 spiro atoms. The number of halogens is 1. The van der Waals surface area contributed by atoms with E-state index in [1.54, 1.807) is 11.3 Å². The summed E-state index contributed by atoms with van der Waals surface area (Å²) in [5.41, 5.74) is 1.000. The topological polar surface area (TPSA) is 29.5 Å². The molecule has 0 fully saturated rings. The standard InChI is InChI=1S/C15H13ClO2S/c1-11-9-12(4-7-15(11)16)18-10-14-6-5-13(19-14)3-2-8-17/h4-7,9,17H,8,10H2,1H3. The van der Waals surface area contributed by atoms with Crippen LogP contribution in [0.15, 0.2) is 30.3 Å². The highest BCUT2D eigenvalue weighted by atomic mass is 35.5. The van der Waals surface area contributed by atoms with Gasteiger partial charge in [-0.3, -0.25) is 0 Å². The molecule has 0 aliphatic heterocycles. The molecule has 98 valence electrons. The zero-order chi connectivity index (χ0) is 13.7. The van der Waals surface area contributed by atoms with Crippen LogP contribution >= 0.6 is 22.9 Å². The van der Waals surface area contributed by atoms with Crippen LogP contribution in [-0.2, 0) is 6.61 Å². The number of aliphatic hydroxyl groups excluding tert-OH is 1. The van der Waals surface area contributed by atoms with E-state index in [0.29, 0.717) is 6.61 Å². The number of hydrogen-bond acceptors (Lipinski definition) is 3. The molecular formula is C15H13ClO2S. The summed E-state index contributed by atoms with van der Waals surface area (Å²) in [7, 11) is 0. The first kappa shape index (κ1) is 14.0. The summed E-state index contributed by atoms with van der Waals surface area (Å²) < 4.78 is 5.70. The fourth-order valence-corrected chi connectivity index (χ4v) is 2.42.